The summed E-state index contributed by atoms with van der Waals surface area (Å²) >= 11 is 13.3. The average molecular weight is 371 g/mol. The summed E-state index contributed by atoms with van der Waals surface area (Å²) in [5.41, 5.74) is 0.530. The summed E-state index contributed by atoms with van der Waals surface area (Å²) in [4.78, 5) is 28.2. The fourth-order valence-electron chi connectivity index (χ4n) is 1.54. The van der Waals surface area contributed by atoms with Crippen LogP contribution in [0.5, 0.6) is 0 Å². The highest BCUT2D eigenvalue weighted by Gasteiger charge is 2.11. The summed E-state index contributed by atoms with van der Waals surface area (Å²) in [5, 5.41) is 4.96. The van der Waals surface area contributed by atoms with E-state index in [1.807, 2.05) is 17.5 Å². The molecule has 0 fully saturated rings. The molecule has 0 spiro atoms. The van der Waals surface area contributed by atoms with E-state index in [1.165, 1.54) is 23.5 Å². The molecule has 5 nitrogen and oxygen atoms in total. The van der Waals surface area contributed by atoms with Crippen LogP contribution in [-0.2, 0) is 14.3 Å². The van der Waals surface area contributed by atoms with Crippen LogP contribution >= 0.6 is 34.5 Å². The Bertz CT molecular complexity index is 745. The summed E-state index contributed by atoms with van der Waals surface area (Å²) in [6.07, 6.45) is 2.88. The Kier molecular flexibility index (Phi) is 6.15. The van der Waals surface area contributed by atoms with Gasteiger partial charge in [0.1, 0.15) is 0 Å². The van der Waals surface area contributed by atoms with Gasteiger partial charge in [0.25, 0.3) is 5.91 Å². The number of aromatic nitrogens is 1. The summed E-state index contributed by atoms with van der Waals surface area (Å²) in [6, 6.07) is 5.21. The second-order valence-corrected chi connectivity index (χ2v) is 6.18. The first-order valence-corrected chi connectivity index (χ1v) is 8.10. The Hall–Kier alpha value is -1.89. The second-order valence-electron chi connectivity index (χ2n) is 4.39. The number of ether oxygens (including phenoxy) is 1. The third kappa shape index (κ3) is 5.35. The van der Waals surface area contributed by atoms with E-state index in [1.54, 1.807) is 13.0 Å². The molecule has 120 valence electrons. The minimum absolute atomic E-state index is 0.170. The van der Waals surface area contributed by atoms with Crippen molar-refractivity contribution in [2.24, 2.45) is 0 Å². The molecule has 0 radical (unpaired) electrons. The highest BCUT2D eigenvalue weighted by molar-refractivity contribution is 7.10. The van der Waals surface area contributed by atoms with Crippen molar-refractivity contribution in [1.29, 1.82) is 0 Å². The normalized spacial score (nSPS) is 10.7. The van der Waals surface area contributed by atoms with Gasteiger partial charge in [-0.15, -0.1) is 11.3 Å². The quantitative estimate of drug-likeness (QED) is 0.638. The zero-order chi connectivity index (χ0) is 16.8. The lowest BCUT2D eigenvalue weighted by atomic mass is 10.3. The molecule has 0 bridgehead atoms. The molecule has 8 heteroatoms. The largest absolute Gasteiger partial charge is 0.452 e. The van der Waals surface area contributed by atoms with Crippen molar-refractivity contribution in [2.75, 3.05) is 11.9 Å². The van der Waals surface area contributed by atoms with E-state index in [2.05, 4.69) is 10.3 Å². The third-order valence-corrected chi connectivity index (χ3v) is 4.14. The molecular formula is C15H12Cl2N2O3S. The Morgan fingerprint density at radius 3 is 2.87 bits per heavy atom. The Balaban J connectivity index is 1.85. The summed E-state index contributed by atoms with van der Waals surface area (Å²) in [7, 11) is 0. The Morgan fingerprint density at radius 2 is 2.17 bits per heavy atom. The van der Waals surface area contributed by atoms with Gasteiger partial charge >= 0.3 is 5.97 Å². The fraction of sp³-hybridized carbons (Fsp3) is 0.133. The van der Waals surface area contributed by atoms with Gasteiger partial charge in [0.15, 0.2) is 12.4 Å². The predicted molar refractivity (Wildman–Crippen MR) is 91.9 cm³/mol. The topological polar surface area (TPSA) is 68.3 Å². The van der Waals surface area contributed by atoms with Gasteiger partial charge < -0.3 is 10.1 Å². The van der Waals surface area contributed by atoms with Crippen molar-refractivity contribution in [1.82, 2.24) is 4.98 Å². The predicted octanol–water partition coefficient (Wildman–Crippen LogP) is 3.95. The Morgan fingerprint density at radius 1 is 1.39 bits per heavy atom. The number of nitrogens with zero attached hydrogens (tertiary/aromatic N) is 1. The van der Waals surface area contributed by atoms with Gasteiger partial charge in [0, 0.05) is 11.0 Å². The van der Waals surface area contributed by atoms with Crippen LogP contribution in [0.1, 0.15) is 10.6 Å². The number of aryl methyl sites for hydroxylation is 1. The highest BCUT2D eigenvalue weighted by atomic mass is 35.5. The number of pyridine rings is 1. The molecule has 2 aromatic rings. The number of esters is 1. The van der Waals surface area contributed by atoms with Crippen LogP contribution < -0.4 is 5.32 Å². The van der Waals surface area contributed by atoms with Crippen molar-refractivity contribution < 1.29 is 14.3 Å². The number of anilines is 1. The van der Waals surface area contributed by atoms with Gasteiger partial charge in [0.2, 0.25) is 0 Å². The first-order valence-electron chi connectivity index (χ1n) is 6.46. The number of hydrogen-bond donors (Lipinski definition) is 1. The third-order valence-electron chi connectivity index (χ3n) is 2.64. The SMILES string of the molecule is Cc1nc(NC(=O)COC(=O)/C=C/c2cccs2)c(Cl)cc1Cl. The van der Waals surface area contributed by atoms with Crippen molar-refractivity contribution in [3.8, 4) is 0 Å². The van der Waals surface area contributed by atoms with Crippen LogP contribution in [0.25, 0.3) is 6.08 Å². The van der Waals surface area contributed by atoms with E-state index in [0.29, 0.717) is 10.7 Å². The second kappa shape index (κ2) is 8.10. The molecule has 23 heavy (non-hydrogen) atoms. The molecule has 0 unspecified atom stereocenters. The monoisotopic (exact) mass is 370 g/mol. The number of carbonyl (C=O) groups excluding carboxylic acids is 2. The van der Waals surface area contributed by atoms with Crippen molar-refractivity contribution in [3.63, 3.8) is 0 Å². The molecule has 0 aromatic carbocycles. The van der Waals surface area contributed by atoms with Gasteiger partial charge in [-0.3, -0.25) is 4.79 Å². The van der Waals surface area contributed by atoms with Crippen LogP contribution in [0.2, 0.25) is 10.0 Å². The standard InChI is InChI=1S/C15H12Cl2N2O3S/c1-9-11(16)7-12(17)15(18-9)19-13(20)8-22-14(21)5-4-10-3-2-6-23-10/h2-7H,8H2,1H3,(H,18,19,20)/b5-4+. The lowest BCUT2D eigenvalue weighted by molar-refractivity contribution is -0.142. The van der Waals surface area contributed by atoms with Crippen LogP contribution in [0.4, 0.5) is 5.82 Å². The molecule has 0 saturated heterocycles. The summed E-state index contributed by atoms with van der Waals surface area (Å²) < 4.78 is 4.84. The van der Waals surface area contributed by atoms with Crippen LogP contribution in [0.15, 0.2) is 29.7 Å². The molecule has 0 aliphatic rings. The molecule has 0 aliphatic heterocycles. The van der Waals surface area contributed by atoms with E-state index in [0.717, 1.165) is 4.88 Å². The number of hydrogen-bond acceptors (Lipinski definition) is 5. The van der Waals surface area contributed by atoms with Crippen molar-refractivity contribution in [3.05, 3.63) is 50.3 Å². The van der Waals surface area contributed by atoms with Crippen LogP contribution in [0, 0.1) is 6.92 Å². The van der Waals surface area contributed by atoms with Crippen LogP contribution in [-0.4, -0.2) is 23.5 Å². The molecule has 2 aromatic heterocycles. The molecule has 0 saturated carbocycles. The first kappa shape index (κ1) is 17.5. The molecule has 2 rings (SSSR count). The van der Waals surface area contributed by atoms with Gasteiger partial charge in [0.05, 0.1) is 15.7 Å². The minimum atomic E-state index is -0.611. The zero-order valence-corrected chi connectivity index (χ0v) is 14.3. The van der Waals surface area contributed by atoms with Gasteiger partial charge in [-0.2, -0.15) is 0 Å². The molecule has 1 N–H and O–H groups in total. The number of carbonyl (C=O) groups is 2. The maximum atomic E-state index is 11.8. The van der Waals surface area contributed by atoms with E-state index in [9.17, 15) is 9.59 Å². The molecular weight excluding hydrogens is 359 g/mol. The molecule has 1 amide bonds. The molecule has 2 heterocycles. The molecule has 0 aliphatic carbocycles. The summed E-state index contributed by atoms with van der Waals surface area (Å²) in [6.45, 7) is 1.25. The van der Waals surface area contributed by atoms with Gasteiger partial charge in [-0.05, 0) is 30.5 Å². The van der Waals surface area contributed by atoms with E-state index >= 15 is 0 Å². The van der Waals surface area contributed by atoms with E-state index < -0.39 is 18.5 Å². The minimum Gasteiger partial charge on any atom is -0.452 e. The highest BCUT2D eigenvalue weighted by Crippen LogP contribution is 2.25. The number of nitrogens with one attached hydrogen (secondary N) is 1. The van der Waals surface area contributed by atoms with Gasteiger partial charge in [-0.25, -0.2) is 9.78 Å². The average Bonchev–Trinajstić information content (AvgIpc) is 3.02. The van der Waals surface area contributed by atoms with E-state index in [-0.39, 0.29) is 10.8 Å². The first-order chi connectivity index (χ1) is 11.0. The zero-order valence-electron chi connectivity index (χ0n) is 12.0. The number of halogens is 2. The number of amides is 1. The fourth-order valence-corrected chi connectivity index (χ4v) is 2.56. The lowest BCUT2D eigenvalue weighted by Gasteiger charge is -2.08. The number of thiophene rings is 1. The Labute approximate surface area is 146 Å². The van der Waals surface area contributed by atoms with Crippen LogP contribution in [0.3, 0.4) is 0 Å². The maximum absolute atomic E-state index is 11.8. The lowest BCUT2D eigenvalue weighted by Crippen LogP contribution is -2.21. The number of rotatable bonds is 5. The maximum Gasteiger partial charge on any atom is 0.331 e. The van der Waals surface area contributed by atoms with E-state index in [4.69, 9.17) is 27.9 Å². The summed E-state index contributed by atoms with van der Waals surface area (Å²) in [5.74, 6) is -0.984. The molecule has 0 atom stereocenters. The van der Waals surface area contributed by atoms with Gasteiger partial charge in [-0.1, -0.05) is 29.3 Å². The van der Waals surface area contributed by atoms with Crippen molar-refractivity contribution in [2.45, 2.75) is 6.92 Å². The smallest absolute Gasteiger partial charge is 0.331 e. The van der Waals surface area contributed by atoms with Crippen molar-refractivity contribution >= 4 is 58.3 Å².